The molecule has 1 aliphatic rings. The van der Waals surface area contributed by atoms with E-state index >= 15 is 0 Å². The standard InChI is InChI=1S/C19H29FN4OS.HI/c1-3-21-19(24-16-7-8-17(13-16)26-2)23-10-9-22-18(25)12-14-5-4-6-15(20)11-14;/h4-6,11,16-17H,3,7-10,12-13H2,1-2H3,(H,22,25)(H2,21,23,24);1H. The van der Waals surface area contributed by atoms with Gasteiger partial charge in [0.25, 0.3) is 0 Å². The average molecular weight is 508 g/mol. The van der Waals surface area contributed by atoms with Gasteiger partial charge in [0.1, 0.15) is 5.82 Å². The molecule has 1 aromatic rings. The number of carbonyl (C=O) groups is 1. The third-order valence-corrected chi connectivity index (χ3v) is 5.46. The first-order chi connectivity index (χ1) is 12.6. The molecule has 1 saturated carbocycles. The van der Waals surface area contributed by atoms with Crippen LogP contribution in [0.15, 0.2) is 29.3 Å². The highest BCUT2D eigenvalue weighted by atomic mass is 127. The maximum absolute atomic E-state index is 13.1. The minimum atomic E-state index is -0.322. The highest BCUT2D eigenvalue weighted by molar-refractivity contribution is 14.0. The van der Waals surface area contributed by atoms with E-state index in [9.17, 15) is 9.18 Å². The first kappa shape index (κ1) is 24.0. The predicted octanol–water partition coefficient (Wildman–Crippen LogP) is 2.94. The third-order valence-electron chi connectivity index (χ3n) is 4.36. The first-order valence-corrected chi connectivity index (χ1v) is 10.5. The Kier molecular flexibility index (Phi) is 11.7. The average Bonchev–Trinajstić information content (AvgIpc) is 3.06. The molecule has 1 aromatic carbocycles. The fraction of sp³-hybridized carbons (Fsp3) is 0.579. The van der Waals surface area contributed by atoms with E-state index in [1.165, 1.54) is 25.0 Å². The number of benzene rings is 1. The summed E-state index contributed by atoms with van der Waals surface area (Å²) in [6, 6.07) is 6.58. The Morgan fingerprint density at radius 1 is 1.33 bits per heavy atom. The lowest BCUT2D eigenvalue weighted by molar-refractivity contribution is -0.120. The highest BCUT2D eigenvalue weighted by Gasteiger charge is 2.24. The fourth-order valence-corrected chi connectivity index (χ4v) is 3.85. The summed E-state index contributed by atoms with van der Waals surface area (Å²) >= 11 is 1.93. The molecule has 0 bridgehead atoms. The lowest BCUT2D eigenvalue weighted by Gasteiger charge is -2.17. The monoisotopic (exact) mass is 508 g/mol. The van der Waals surface area contributed by atoms with Crippen LogP contribution in [0, 0.1) is 5.82 Å². The van der Waals surface area contributed by atoms with Crippen molar-refractivity contribution in [3.05, 3.63) is 35.6 Å². The Hall–Kier alpha value is -1.03. The Morgan fingerprint density at radius 2 is 2.15 bits per heavy atom. The molecule has 5 nitrogen and oxygen atoms in total. The van der Waals surface area contributed by atoms with Crippen molar-refractivity contribution in [2.24, 2.45) is 4.99 Å². The second kappa shape index (κ2) is 13.2. The predicted molar refractivity (Wildman–Crippen MR) is 123 cm³/mol. The summed E-state index contributed by atoms with van der Waals surface area (Å²) in [6.45, 7) is 3.81. The Bertz CT molecular complexity index is 617. The molecule has 1 aliphatic carbocycles. The van der Waals surface area contributed by atoms with Gasteiger partial charge in [-0.15, -0.1) is 24.0 Å². The molecule has 8 heteroatoms. The molecule has 2 rings (SSSR count). The van der Waals surface area contributed by atoms with E-state index in [1.807, 2.05) is 18.7 Å². The van der Waals surface area contributed by atoms with Crippen molar-refractivity contribution in [1.29, 1.82) is 0 Å². The van der Waals surface area contributed by atoms with Gasteiger partial charge in [-0.1, -0.05) is 12.1 Å². The van der Waals surface area contributed by atoms with Gasteiger partial charge >= 0.3 is 0 Å². The van der Waals surface area contributed by atoms with Crippen molar-refractivity contribution < 1.29 is 9.18 Å². The molecule has 0 aromatic heterocycles. The molecule has 27 heavy (non-hydrogen) atoms. The summed E-state index contributed by atoms with van der Waals surface area (Å²) in [5.74, 6) is 0.359. The third kappa shape index (κ3) is 9.14. The number of nitrogens with zero attached hydrogens (tertiary/aromatic N) is 1. The van der Waals surface area contributed by atoms with Gasteiger partial charge in [-0.3, -0.25) is 9.79 Å². The minimum absolute atomic E-state index is 0. The minimum Gasteiger partial charge on any atom is -0.357 e. The van der Waals surface area contributed by atoms with Crippen molar-refractivity contribution in [2.75, 3.05) is 25.9 Å². The molecule has 0 aliphatic heterocycles. The van der Waals surface area contributed by atoms with Crippen LogP contribution in [0.1, 0.15) is 31.7 Å². The van der Waals surface area contributed by atoms with Gasteiger partial charge in [0, 0.05) is 24.4 Å². The normalized spacial score (nSPS) is 19.3. The number of rotatable bonds is 8. The topological polar surface area (TPSA) is 65.5 Å². The van der Waals surface area contributed by atoms with Crippen molar-refractivity contribution in [3.63, 3.8) is 0 Å². The second-order valence-electron chi connectivity index (χ2n) is 6.43. The van der Waals surface area contributed by atoms with E-state index in [4.69, 9.17) is 0 Å². The molecule has 1 amide bonds. The van der Waals surface area contributed by atoms with Gasteiger partial charge in [-0.05, 0) is 50.1 Å². The van der Waals surface area contributed by atoms with Crippen LogP contribution < -0.4 is 16.0 Å². The molecule has 152 valence electrons. The smallest absolute Gasteiger partial charge is 0.224 e. The first-order valence-electron chi connectivity index (χ1n) is 9.19. The van der Waals surface area contributed by atoms with E-state index in [0.717, 1.165) is 24.2 Å². The van der Waals surface area contributed by atoms with Crippen LogP contribution >= 0.6 is 35.7 Å². The molecule has 2 atom stereocenters. The maximum atomic E-state index is 13.1. The summed E-state index contributed by atoms with van der Waals surface area (Å²) in [5, 5.41) is 10.3. The molecule has 0 radical (unpaired) electrons. The number of hydrogen-bond acceptors (Lipinski definition) is 3. The Labute approximate surface area is 182 Å². The highest BCUT2D eigenvalue weighted by Crippen LogP contribution is 2.27. The summed E-state index contributed by atoms with van der Waals surface area (Å²) in [6.07, 6.45) is 5.92. The number of carbonyl (C=O) groups excluding carboxylic acids is 1. The summed E-state index contributed by atoms with van der Waals surface area (Å²) in [7, 11) is 0. The largest absolute Gasteiger partial charge is 0.357 e. The molecule has 2 unspecified atom stereocenters. The van der Waals surface area contributed by atoms with Crippen LogP contribution in [0.5, 0.6) is 0 Å². The molecular weight excluding hydrogens is 478 g/mol. The van der Waals surface area contributed by atoms with Crippen LogP contribution in [0.2, 0.25) is 0 Å². The van der Waals surface area contributed by atoms with E-state index in [1.54, 1.807) is 12.1 Å². The Morgan fingerprint density at radius 3 is 2.81 bits per heavy atom. The van der Waals surface area contributed by atoms with Gasteiger partial charge in [0.05, 0.1) is 13.0 Å². The van der Waals surface area contributed by atoms with Crippen molar-refractivity contribution in [1.82, 2.24) is 16.0 Å². The number of guanidine groups is 1. The summed E-state index contributed by atoms with van der Waals surface area (Å²) in [5.41, 5.74) is 0.672. The molecule has 0 spiro atoms. The van der Waals surface area contributed by atoms with Crippen LogP contribution in [0.4, 0.5) is 4.39 Å². The number of hydrogen-bond donors (Lipinski definition) is 3. The summed E-state index contributed by atoms with van der Waals surface area (Å²) < 4.78 is 13.1. The molecular formula is C19H30FIN4OS. The van der Waals surface area contributed by atoms with Gasteiger partial charge in [0.15, 0.2) is 5.96 Å². The zero-order chi connectivity index (χ0) is 18.8. The lowest BCUT2D eigenvalue weighted by Crippen LogP contribution is -2.43. The molecule has 1 fully saturated rings. The SMILES string of the molecule is CCNC(=NCCNC(=O)Cc1cccc(F)c1)NC1CCC(SC)C1.I. The van der Waals surface area contributed by atoms with Crippen molar-refractivity contribution in [3.8, 4) is 0 Å². The number of halogens is 2. The van der Waals surface area contributed by atoms with E-state index in [-0.39, 0.29) is 42.1 Å². The van der Waals surface area contributed by atoms with Crippen molar-refractivity contribution >= 4 is 47.6 Å². The van der Waals surface area contributed by atoms with Gasteiger partial charge in [-0.2, -0.15) is 11.8 Å². The van der Waals surface area contributed by atoms with Gasteiger partial charge in [0.2, 0.25) is 5.91 Å². The van der Waals surface area contributed by atoms with Crippen LogP contribution in [0.3, 0.4) is 0 Å². The van der Waals surface area contributed by atoms with Gasteiger partial charge in [-0.25, -0.2) is 4.39 Å². The van der Waals surface area contributed by atoms with E-state index in [0.29, 0.717) is 24.7 Å². The number of amides is 1. The van der Waals surface area contributed by atoms with Crippen LogP contribution in [0.25, 0.3) is 0 Å². The maximum Gasteiger partial charge on any atom is 0.224 e. The zero-order valence-corrected chi connectivity index (χ0v) is 19.1. The summed E-state index contributed by atoms with van der Waals surface area (Å²) in [4.78, 5) is 16.5. The van der Waals surface area contributed by atoms with Crippen LogP contribution in [-0.4, -0.2) is 49.0 Å². The molecule has 0 heterocycles. The number of nitrogens with one attached hydrogen (secondary N) is 3. The van der Waals surface area contributed by atoms with Crippen molar-refractivity contribution in [2.45, 2.75) is 43.9 Å². The molecule has 0 saturated heterocycles. The second-order valence-corrected chi connectivity index (χ2v) is 7.57. The quantitative estimate of drug-likeness (QED) is 0.219. The fourth-order valence-electron chi connectivity index (χ4n) is 3.06. The number of thioether (sulfide) groups is 1. The molecule has 3 N–H and O–H groups in total. The number of aliphatic imine (C=N–C) groups is 1. The van der Waals surface area contributed by atoms with E-state index in [2.05, 4.69) is 27.2 Å². The zero-order valence-electron chi connectivity index (χ0n) is 16.0. The lowest BCUT2D eigenvalue weighted by atomic mass is 10.1. The van der Waals surface area contributed by atoms with Gasteiger partial charge < -0.3 is 16.0 Å². The Balaban J connectivity index is 0.00000364. The van der Waals surface area contributed by atoms with Crippen LogP contribution in [-0.2, 0) is 11.2 Å². The van der Waals surface area contributed by atoms with E-state index < -0.39 is 0 Å².